The topological polar surface area (TPSA) is 63.3 Å². The van der Waals surface area contributed by atoms with Gasteiger partial charge in [-0.3, -0.25) is 4.79 Å². The molecular formula is C22H23NO2S. The third-order valence-electron chi connectivity index (χ3n) is 6.02. The van der Waals surface area contributed by atoms with Crippen molar-refractivity contribution in [3.8, 4) is 0 Å². The molecule has 0 radical (unpaired) electrons. The molecule has 3 nitrogen and oxygen atoms in total. The molecule has 2 aromatic carbocycles. The van der Waals surface area contributed by atoms with Crippen molar-refractivity contribution >= 4 is 33.9 Å². The molecule has 4 heteroatoms. The molecule has 2 aromatic rings. The van der Waals surface area contributed by atoms with Gasteiger partial charge in [0.15, 0.2) is 0 Å². The Labute approximate surface area is 159 Å². The zero-order chi connectivity index (χ0) is 19.2. The van der Waals surface area contributed by atoms with Gasteiger partial charge in [0.2, 0.25) is 0 Å². The van der Waals surface area contributed by atoms with Crippen LogP contribution >= 0.6 is 12.2 Å². The van der Waals surface area contributed by atoms with E-state index in [0.717, 1.165) is 38.6 Å². The first-order valence-corrected chi connectivity index (χ1v) is 9.02. The van der Waals surface area contributed by atoms with E-state index in [1.165, 1.54) is 0 Å². The molecule has 26 heavy (non-hydrogen) atoms. The van der Waals surface area contributed by atoms with Crippen molar-refractivity contribution in [1.29, 1.82) is 0 Å². The number of fused-ring (bicyclic) bond motifs is 1. The highest BCUT2D eigenvalue weighted by Crippen LogP contribution is 2.53. The molecule has 1 aliphatic carbocycles. The lowest BCUT2D eigenvalue weighted by atomic mass is 9.60. The molecule has 134 valence electrons. The largest absolute Gasteiger partial charge is 0.481 e. The summed E-state index contributed by atoms with van der Waals surface area (Å²) < 4.78 is 0. The highest BCUT2D eigenvalue weighted by Gasteiger charge is 2.50. The molecule has 3 N–H and O–H groups in total. The Hall–Kier alpha value is -2.46. The van der Waals surface area contributed by atoms with E-state index in [2.05, 4.69) is 0 Å². The Morgan fingerprint density at radius 1 is 1.08 bits per heavy atom. The first-order chi connectivity index (χ1) is 12.2. The van der Waals surface area contributed by atoms with Gasteiger partial charge in [0.1, 0.15) is 4.99 Å². The second kappa shape index (κ2) is 6.36. The van der Waals surface area contributed by atoms with Crippen LogP contribution in [0.25, 0.3) is 10.8 Å². The monoisotopic (exact) mass is 365 g/mol. The van der Waals surface area contributed by atoms with E-state index >= 15 is 0 Å². The Bertz CT molecular complexity index is 997. The fraction of sp³-hybridized carbons (Fsp3) is 0.273. The van der Waals surface area contributed by atoms with E-state index in [-0.39, 0.29) is 4.99 Å². The number of carboxylic acid groups (broad SMARTS) is 1. The highest BCUT2D eigenvalue weighted by atomic mass is 32.1. The molecule has 0 spiro atoms. The van der Waals surface area contributed by atoms with Gasteiger partial charge in [0.25, 0.3) is 0 Å². The van der Waals surface area contributed by atoms with Crippen LogP contribution in [0, 0.1) is 5.41 Å². The van der Waals surface area contributed by atoms with Gasteiger partial charge in [0, 0.05) is 5.92 Å². The van der Waals surface area contributed by atoms with E-state index in [0.29, 0.717) is 0 Å². The molecule has 3 rings (SSSR count). The summed E-state index contributed by atoms with van der Waals surface area (Å²) >= 11 is 5.38. The number of aliphatic carboxylic acids is 1. The fourth-order valence-electron chi connectivity index (χ4n) is 4.17. The van der Waals surface area contributed by atoms with Gasteiger partial charge in [-0.25, -0.2) is 0 Å². The van der Waals surface area contributed by atoms with Crippen molar-refractivity contribution < 1.29 is 9.90 Å². The van der Waals surface area contributed by atoms with Crippen LogP contribution in [0.15, 0.2) is 64.8 Å². The number of carboxylic acids is 1. The van der Waals surface area contributed by atoms with Crippen LogP contribution < -0.4 is 5.73 Å². The van der Waals surface area contributed by atoms with Crippen LogP contribution in [0.2, 0.25) is 0 Å². The van der Waals surface area contributed by atoms with Crippen molar-refractivity contribution in [3.05, 3.63) is 70.3 Å². The molecular weight excluding hydrogens is 342 g/mol. The fourth-order valence-corrected chi connectivity index (χ4v) is 4.45. The average Bonchev–Trinajstić information content (AvgIpc) is 2.62. The summed E-state index contributed by atoms with van der Waals surface area (Å²) in [5, 5.41) is 12.3. The van der Waals surface area contributed by atoms with Gasteiger partial charge in [-0.05, 0) is 60.8 Å². The first-order valence-electron chi connectivity index (χ1n) is 8.61. The Balaban J connectivity index is 2.45. The van der Waals surface area contributed by atoms with Gasteiger partial charge >= 0.3 is 5.97 Å². The molecule has 0 aliphatic heterocycles. The van der Waals surface area contributed by atoms with Crippen LogP contribution in [0.1, 0.15) is 39.2 Å². The number of benzene rings is 2. The highest BCUT2D eigenvalue weighted by molar-refractivity contribution is 7.80. The number of carbonyl (C=O) groups is 1. The van der Waals surface area contributed by atoms with E-state index in [1.807, 2.05) is 63.2 Å². The van der Waals surface area contributed by atoms with E-state index in [4.69, 9.17) is 18.0 Å². The van der Waals surface area contributed by atoms with E-state index in [1.54, 1.807) is 6.92 Å². The average molecular weight is 365 g/mol. The summed E-state index contributed by atoms with van der Waals surface area (Å²) in [4.78, 5) is 12.7. The number of hydrogen-bond acceptors (Lipinski definition) is 2. The van der Waals surface area contributed by atoms with Crippen LogP contribution in [0.5, 0.6) is 0 Å². The molecule has 0 saturated carbocycles. The van der Waals surface area contributed by atoms with Gasteiger partial charge in [-0.1, -0.05) is 60.3 Å². The second-order valence-electron chi connectivity index (χ2n) is 7.16. The van der Waals surface area contributed by atoms with Crippen molar-refractivity contribution in [2.75, 3.05) is 0 Å². The minimum absolute atomic E-state index is 0.264. The normalized spacial score (nSPS) is 23.5. The molecule has 0 fully saturated rings. The molecule has 2 unspecified atom stereocenters. The lowest BCUT2D eigenvalue weighted by molar-refractivity contribution is -0.146. The minimum Gasteiger partial charge on any atom is -0.481 e. The van der Waals surface area contributed by atoms with Crippen LogP contribution in [0.4, 0.5) is 0 Å². The summed E-state index contributed by atoms with van der Waals surface area (Å²) in [7, 11) is 0. The second-order valence-corrected chi connectivity index (χ2v) is 7.60. The predicted octanol–water partition coefficient (Wildman–Crippen LogP) is 4.97. The zero-order valence-corrected chi connectivity index (χ0v) is 16.3. The van der Waals surface area contributed by atoms with Gasteiger partial charge < -0.3 is 10.8 Å². The summed E-state index contributed by atoms with van der Waals surface area (Å²) in [6, 6.07) is 14.0. The summed E-state index contributed by atoms with van der Waals surface area (Å²) in [6.45, 7) is 7.61. The number of rotatable bonds is 3. The summed E-state index contributed by atoms with van der Waals surface area (Å²) in [6.07, 6.45) is 0. The SMILES string of the molecule is CC1=C(C(N)=S)C(c2cccc3ccccc23)C(C)(C(=O)O)C(C)=C1C. The Kier molecular flexibility index (Phi) is 4.49. The standard InChI is InChI=1S/C22H23NO2S/c1-12-13(2)18(20(23)26)19(22(4,14(12)3)21(24)25)17-11-7-9-15-8-5-6-10-16(15)17/h5-11,19H,1-4H3,(H2,23,26)(H,24,25). The van der Waals surface area contributed by atoms with Crippen molar-refractivity contribution in [1.82, 2.24) is 0 Å². The molecule has 1 aliphatic rings. The third kappa shape index (κ3) is 2.48. The Morgan fingerprint density at radius 3 is 2.31 bits per heavy atom. The molecule has 0 bridgehead atoms. The smallest absolute Gasteiger partial charge is 0.314 e. The summed E-state index contributed by atoms with van der Waals surface area (Å²) in [5.41, 5.74) is 9.48. The molecule has 0 heterocycles. The number of hydrogen-bond donors (Lipinski definition) is 2. The maximum Gasteiger partial charge on any atom is 0.314 e. The third-order valence-corrected chi connectivity index (χ3v) is 6.24. The lowest BCUT2D eigenvalue weighted by Gasteiger charge is -2.42. The molecule has 2 atom stereocenters. The molecule has 0 aromatic heterocycles. The number of nitrogens with two attached hydrogens (primary N) is 1. The van der Waals surface area contributed by atoms with Crippen LogP contribution in [-0.2, 0) is 4.79 Å². The maximum atomic E-state index is 12.5. The lowest BCUT2D eigenvalue weighted by Crippen LogP contribution is -2.42. The molecule has 0 amide bonds. The van der Waals surface area contributed by atoms with E-state index < -0.39 is 17.3 Å². The van der Waals surface area contributed by atoms with Crippen molar-refractivity contribution in [3.63, 3.8) is 0 Å². The summed E-state index contributed by atoms with van der Waals surface area (Å²) in [5.74, 6) is -1.30. The van der Waals surface area contributed by atoms with Crippen molar-refractivity contribution in [2.24, 2.45) is 11.1 Å². The minimum atomic E-state index is -1.12. The van der Waals surface area contributed by atoms with Crippen LogP contribution in [0.3, 0.4) is 0 Å². The quantitative estimate of drug-likeness (QED) is 0.754. The Morgan fingerprint density at radius 2 is 1.69 bits per heavy atom. The maximum absolute atomic E-state index is 12.5. The van der Waals surface area contributed by atoms with Gasteiger partial charge in [0.05, 0.1) is 5.41 Å². The van der Waals surface area contributed by atoms with Gasteiger partial charge in [-0.2, -0.15) is 0 Å². The van der Waals surface area contributed by atoms with Crippen LogP contribution in [-0.4, -0.2) is 16.1 Å². The predicted molar refractivity (Wildman–Crippen MR) is 110 cm³/mol. The number of allylic oxidation sites excluding steroid dienone is 2. The number of thiocarbonyl (C=S) groups is 1. The van der Waals surface area contributed by atoms with Gasteiger partial charge in [-0.15, -0.1) is 0 Å². The first kappa shape index (κ1) is 18.3. The zero-order valence-electron chi connectivity index (χ0n) is 15.5. The van der Waals surface area contributed by atoms with E-state index in [9.17, 15) is 9.90 Å². The molecule has 0 saturated heterocycles. The van der Waals surface area contributed by atoms with Crippen molar-refractivity contribution in [2.45, 2.75) is 33.6 Å².